The summed E-state index contributed by atoms with van der Waals surface area (Å²) >= 11 is 0. The first-order chi connectivity index (χ1) is 11.5. The smallest absolute Gasteiger partial charge is 0.295 e. The van der Waals surface area contributed by atoms with Gasteiger partial charge in [-0.2, -0.15) is 0 Å². The molecule has 0 atom stereocenters. The fourth-order valence-electron chi connectivity index (χ4n) is 2.82. The summed E-state index contributed by atoms with van der Waals surface area (Å²) in [5, 5.41) is 2.67. The standard InChI is InChI=1S/C19H19N3O2/c1-13-9-7-8-12-17(13)22-19(24)18(20-15(3)23)14(2)21(22)16-10-5-4-6-11-16/h4-12H,1-3H3,(H,20,23). The summed E-state index contributed by atoms with van der Waals surface area (Å²) in [7, 11) is 0. The van der Waals surface area contributed by atoms with Crippen molar-refractivity contribution in [1.29, 1.82) is 0 Å². The van der Waals surface area contributed by atoms with Crippen LogP contribution in [0.3, 0.4) is 0 Å². The van der Waals surface area contributed by atoms with Gasteiger partial charge >= 0.3 is 0 Å². The Labute approximate surface area is 140 Å². The number of hydrogen-bond donors (Lipinski definition) is 1. The van der Waals surface area contributed by atoms with Crippen molar-refractivity contribution in [2.45, 2.75) is 20.8 Å². The summed E-state index contributed by atoms with van der Waals surface area (Å²) < 4.78 is 3.43. The molecule has 3 aromatic rings. The molecule has 0 spiro atoms. The fraction of sp³-hybridized carbons (Fsp3) is 0.158. The van der Waals surface area contributed by atoms with Gasteiger partial charge in [-0.05, 0) is 37.6 Å². The molecule has 0 unspecified atom stereocenters. The van der Waals surface area contributed by atoms with Crippen LogP contribution in [0.1, 0.15) is 18.2 Å². The first-order valence-corrected chi connectivity index (χ1v) is 7.74. The van der Waals surface area contributed by atoms with Crippen molar-refractivity contribution in [3.8, 4) is 11.4 Å². The molecule has 0 radical (unpaired) electrons. The number of nitrogens with zero attached hydrogens (tertiary/aromatic N) is 2. The van der Waals surface area contributed by atoms with E-state index in [0.29, 0.717) is 11.4 Å². The maximum atomic E-state index is 13.0. The minimum atomic E-state index is -0.266. The quantitative estimate of drug-likeness (QED) is 0.805. The Bertz CT molecular complexity index is 952. The highest BCUT2D eigenvalue weighted by Crippen LogP contribution is 2.21. The second-order valence-electron chi connectivity index (χ2n) is 5.69. The molecule has 0 aliphatic rings. The second-order valence-corrected chi connectivity index (χ2v) is 5.69. The van der Waals surface area contributed by atoms with E-state index in [9.17, 15) is 9.59 Å². The van der Waals surface area contributed by atoms with Gasteiger partial charge in [-0.15, -0.1) is 0 Å². The van der Waals surface area contributed by atoms with Crippen LogP contribution in [0.5, 0.6) is 0 Å². The molecule has 1 amide bonds. The maximum absolute atomic E-state index is 13.0. The van der Waals surface area contributed by atoms with Crippen molar-refractivity contribution < 1.29 is 4.79 Å². The van der Waals surface area contributed by atoms with Gasteiger partial charge in [-0.1, -0.05) is 36.4 Å². The van der Waals surface area contributed by atoms with E-state index in [2.05, 4.69) is 5.32 Å². The zero-order valence-corrected chi connectivity index (χ0v) is 13.9. The van der Waals surface area contributed by atoms with Crippen molar-refractivity contribution in [2.75, 3.05) is 5.32 Å². The third-order valence-electron chi connectivity index (χ3n) is 3.93. The first kappa shape index (κ1) is 15.8. The van der Waals surface area contributed by atoms with Gasteiger partial charge in [0.1, 0.15) is 5.69 Å². The van der Waals surface area contributed by atoms with Gasteiger partial charge in [0.25, 0.3) is 5.56 Å². The van der Waals surface area contributed by atoms with Crippen LogP contribution in [0.2, 0.25) is 0 Å². The molecule has 5 nitrogen and oxygen atoms in total. The Hall–Kier alpha value is -3.08. The van der Waals surface area contributed by atoms with Crippen LogP contribution in [0.4, 0.5) is 5.69 Å². The van der Waals surface area contributed by atoms with Crippen molar-refractivity contribution in [1.82, 2.24) is 9.36 Å². The first-order valence-electron chi connectivity index (χ1n) is 7.74. The number of rotatable bonds is 3. The molecule has 0 aliphatic carbocycles. The predicted molar refractivity (Wildman–Crippen MR) is 95.1 cm³/mol. The lowest BCUT2D eigenvalue weighted by atomic mass is 10.2. The molecule has 5 heteroatoms. The molecular weight excluding hydrogens is 302 g/mol. The zero-order chi connectivity index (χ0) is 17.3. The molecule has 0 saturated heterocycles. The number of benzene rings is 2. The van der Waals surface area contributed by atoms with E-state index in [1.807, 2.05) is 73.1 Å². The van der Waals surface area contributed by atoms with E-state index in [0.717, 1.165) is 16.9 Å². The van der Waals surface area contributed by atoms with E-state index in [1.165, 1.54) is 6.92 Å². The summed E-state index contributed by atoms with van der Waals surface area (Å²) in [6.45, 7) is 5.18. The number of carbonyl (C=O) groups excluding carboxylic acids is 1. The molecular formula is C19H19N3O2. The monoisotopic (exact) mass is 321 g/mol. The maximum Gasteiger partial charge on any atom is 0.295 e. The van der Waals surface area contributed by atoms with E-state index in [-0.39, 0.29) is 11.5 Å². The summed E-state index contributed by atoms with van der Waals surface area (Å²) in [4.78, 5) is 24.5. The van der Waals surface area contributed by atoms with Crippen LogP contribution in [-0.4, -0.2) is 15.3 Å². The average molecular weight is 321 g/mol. The largest absolute Gasteiger partial charge is 0.320 e. The van der Waals surface area contributed by atoms with Gasteiger partial charge in [0.15, 0.2) is 0 Å². The SMILES string of the molecule is CC(=O)Nc1c(C)n(-c2ccccc2)n(-c2ccccc2C)c1=O. The molecule has 1 N–H and O–H groups in total. The third kappa shape index (κ3) is 2.65. The molecule has 1 heterocycles. The Morgan fingerprint density at radius 3 is 2.17 bits per heavy atom. The lowest BCUT2D eigenvalue weighted by Crippen LogP contribution is -2.23. The lowest BCUT2D eigenvalue weighted by Gasteiger charge is -2.15. The van der Waals surface area contributed by atoms with Gasteiger partial charge in [-0.25, -0.2) is 9.36 Å². The molecule has 0 saturated carbocycles. The zero-order valence-electron chi connectivity index (χ0n) is 13.9. The van der Waals surface area contributed by atoms with Crippen molar-refractivity contribution in [3.63, 3.8) is 0 Å². The summed E-state index contributed by atoms with van der Waals surface area (Å²) in [6, 6.07) is 17.3. The number of amides is 1. The Morgan fingerprint density at radius 2 is 1.54 bits per heavy atom. The Kier molecular flexibility index (Phi) is 4.08. The highest BCUT2D eigenvalue weighted by Gasteiger charge is 2.20. The summed E-state index contributed by atoms with van der Waals surface area (Å²) in [6.07, 6.45) is 0. The van der Waals surface area contributed by atoms with Crippen LogP contribution in [-0.2, 0) is 4.79 Å². The number of para-hydroxylation sites is 2. The van der Waals surface area contributed by atoms with Gasteiger partial charge in [0, 0.05) is 6.92 Å². The number of carbonyl (C=O) groups is 1. The second kappa shape index (κ2) is 6.20. The fourth-order valence-corrected chi connectivity index (χ4v) is 2.82. The topological polar surface area (TPSA) is 56.0 Å². The lowest BCUT2D eigenvalue weighted by molar-refractivity contribution is -0.114. The highest BCUT2D eigenvalue weighted by molar-refractivity contribution is 5.89. The predicted octanol–water partition coefficient (Wildman–Crippen LogP) is 3.20. The van der Waals surface area contributed by atoms with Crippen LogP contribution in [0.25, 0.3) is 11.4 Å². The molecule has 0 fully saturated rings. The van der Waals surface area contributed by atoms with Gasteiger partial charge in [0.05, 0.1) is 17.1 Å². The molecule has 24 heavy (non-hydrogen) atoms. The van der Waals surface area contributed by atoms with Crippen molar-refractivity contribution >= 4 is 11.6 Å². The van der Waals surface area contributed by atoms with E-state index >= 15 is 0 Å². The van der Waals surface area contributed by atoms with Gasteiger partial charge in [-0.3, -0.25) is 9.59 Å². The van der Waals surface area contributed by atoms with Crippen molar-refractivity contribution in [2.24, 2.45) is 0 Å². The molecule has 122 valence electrons. The Morgan fingerprint density at radius 1 is 0.917 bits per heavy atom. The number of anilines is 1. The molecule has 0 aliphatic heterocycles. The van der Waals surface area contributed by atoms with Gasteiger partial charge in [0.2, 0.25) is 5.91 Å². The third-order valence-corrected chi connectivity index (χ3v) is 3.93. The Balaban J connectivity index is 2.37. The minimum Gasteiger partial charge on any atom is -0.320 e. The van der Waals surface area contributed by atoms with E-state index in [4.69, 9.17) is 0 Å². The molecule has 2 aromatic carbocycles. The number of aryl methyl sites for hydroxylation is 1. The van der Waals surface area contributed by atoms with Crippen LogP contribution in [0, 0.1) is 13.8 Å². The molecule has 1 aromatic heterocycles. The minimum absolute atomic E-state index is 0.249. The average Bonchev–Trinajstić information content (AvgIpc) is 2.80. The van der Waals surface area contributed by atoms with Gasteiger partial charge < -0.3 is 5.32 Å². The number of aromatic nitrogens is 2. The summed E-state index contributed by atoms with van der Waals surface area (Å²) in [5.74, 6) is -0.266. The molecule has 0 bridgehead atoms. The van der Waals surface area contributed by atoms with E-state index in [1.54, 1.807) is 4.68 Å². The van der Waals surface area contributed by atoms with Crippen LogP contribution in [0.15, 0.2) is 59.4 Å². The molecule has 3 rings (SSSR count). The highest BCUT2D eigenvalue weighted by atomic mass is 16.2. The van der Waals surface area contributed by atoms with Crippen LogP contribution < -0.4 is 10.9 Å². The number of hydrogen-bond acceptors (Lipinski definition) is 2. The summed E-state index contributed by atoms with van der Waals surface area (Å²) in [5.41, 5.74) is 3.35. The number of nitrogens with one attached hydrogen (secondary N) is 1. The van der Waals surface area contributed by atoms with E-state index < -0.39 is 0 Å². The normalized spacial score (nSPS) is 10.6. The van der Waals surface area contributed by atoms with Crippen LogP contribution >= 0.6 is 0 Å². The van der Waals surface area contributed by atoms with Crippen molar-refractivity contribution in [3.05, 3.63) is 76.2 Å².